The summed E-state index contributed by atoms with van der Waals surface area (Å²) in [5.74, 6) is 2.13. The Balaban J connectivity index is 1.58. The summed E-state index contributed by atoms with van der Waals surface area (Å²) in [6.07, 6.45) is 0.856. The maximum absolute atomic E-state index is 12.8. The highest BCUT2D eigenvalue weighted by Crippen LogP contribution is 2.14. The van der Waals surface area contributed by atoms with Crippen molar-refractivity contribution in [3.8, 4) is 5.75 Å². The van der Waals surface area contributed by atoms with Crippen molar-refractivity contribution in [2.45, 2.75) is 20.3 Å². The van der Waals surface area contributed by atoms with Gasteiger partial charge in [-0.15, -0.1) is 0 Å². The molecule has 150 valence electrons. The number of hydrogen-bond donors (Lipinski definition) is 1. The molecule has 1 aromatic carbocycles. The molecule has 0 radical (unpaired) electrons. The predicted molar refractivity (Wildman–Crippen MR) is 110 cm³/mol. The first-order valence-corrected chi connectivity index (χ1v) is 9.83. The van der Waals surface area contributed by atoms with Crippen LogP contribution in [0, 0.1) is 6.92 Å². The normalized spacial score (nSPS) is 14.8. The first kappa shape index (κ1) is 20.1. The Hall–Kier alpha value is -2.67. The van der Waals surface area contributed by atoms with E-state index < -0.39 is 0 Å². The van der Waals surface area contributed by atoms with Crippen LogP contribution in [-0.2, 0) is 6.42 Å². The number of benzene rings is 1. The lowest BCUT2D eigenvalue weighted by molar-refractivity contribution is 0.0637. The summed E-state index contributed by atoms with van der Waals surface area (Å²) in [6, 6.07) is 9.78. The quantitative estimate of drug-likeness (QED) is 0.791. The molecule has 3 rings (SSSR count). The van der Waals surface area contributed by atoms with Gasteiger partial charge >= 0.3 is 0 Å². The Morgan fingerprint density at radius 3 is 2.50 bits per heavy atom. The van der Waals surface area contributed by atoms with Crippen LogP contribution in [0.15, 0.2) is 30.3 Å². The van der Waals surface area contributed by atoms with E-state index in [1.807, 2.05) is 24.0 Å². The number of methoxy groups -OCH3 is 1. The molecular weight excluding hydrogens is 354 g/mol. The van der Waals surface area contributed by atoms with Crippen LogP contribution in [0.1, 0.15) is 28.8 Å². The number of rotatable bonds is 7. The Bertz CT molecular complexity index is 786. The smallest absolute Gasteiger partial charge is 0.272 e. The fraction of sp³-hybridized carbons (Fsp3) is 0.476. The Kier molecular flexibility index (Phi) is 6.81. The maximum Gasteiger partial charge on any atom is 0.272 e. The monoisotopic (exact) mass is 383 g/mol. The molecule has 1 N–H and O–H groups in total. The average Bonchev–Trinajstić information content (AvgIpc) is 2.73. The van der Waals surface area contributed by atoms with Gasteiger partial charge in [0, 0.05) is 38.8 Å². The zero-order valence-corrected chi connectivity index (χ0v) is 16.9. The number of piperazine rings is 1. The van der Waals surface area contributed by atoms with Crippen LogP contribution in [0.4, 0.5) is 5.82 Å². The number of carbonyl (C=O) groups excluding carboxylic acids is 1. The molecule has 1 fully saturated rings. The SMILES string of the molecule is CCN1CCN(C(=O)c2cc(NCCc3ccc(OC)cc3)nc(C)n2)CC1. The first-order valence-electron chi connectivity index (χ1n) is 9.83. The molecule has 2 heterocycles. The van der Waals surface area contributed by atoms with Crippen molar-refractivity contribution in [3.05, 3.63) is 47.4 Å². The molecule has 0 aliphatic carbocycles. The van der Waals surface area contributed by atoms with Crippen molar-refractivity contribution in [1.29, 1.82) is 0 Å². The van der Waals surface area contributed by atoms with E-state index in [9.17, 15) is 4.79 Å². The van der Waals surface area contributed by atoms with Crippen molar-refractivity contribution in [2.75, 3.05) is 51.7 Å². The van der Waals surface area contributed by atoms with Crippen LogP contribution in [0.3, 0.4) is 0 Å². The molecular formula is C21H29N5O2. The van der Waals surface area contributed by atoms with Crippen LogP contribution in [0.25, 0.3) is 0 Å². The van der Waals surface area contributed by atoms with Gasteiger partial charge in [0.2, 0.25) is 0 Å². The molecule has 7 nitrogen and oxygen atoms in total. The van der Waals surface area contributed by atoms with Gasteiger partial charge in [-0.05, 0) is 37.6 Å². The van der Waals surface area contributed by atoms with Crippen molar-refractivity contribution in [1.82, 2.24) is 19.8 Å². The molecule has 1 aromatic heterocycles. The number of nitrogens with one attached hydrogen (secondary N) is 1. The lowest BCUT2D eigenvalue weighted by Gasteiger charge is -2.33. The molecule has 1 saturated heterocycles. The number of likely N-dealkylation sites (N-methyl/N-ethyl adjacent to an activating group) is 1. The van der Waals surface area contributed by atoms with Gasteiger partial charge in [-0.3, -0.25) is 4.79 Å². The van der Waals surface area contributed by atoms with Gasteiger partial charge in [0.1, 0.15) is 23.1 Å². The van der Waals surface area contributed by atoms with Crippen LogP contribution in [0.2, 0.25) is 0 Å². The molecule has 2 aromatic rings. The highest BCUT2D eigenvalue weighted by atomic mass is 16.5. The van der Waals surface area contributed by atoms with Crippen LogP contribution in [-0.4, -0.2) is 72.1 Å². The van der Waals surface area contributed by atoms with Gasteiger partial charge in [-0.1, -0.05) is 19.1 Å². The number of aromatic nitrogens is 2. The highest BCUT2D eigenvalue weighted by molar-refractivity contribution is 5.93. The summed E-state index contributed by atoms with van der Waals surface area (Å²) in [6.45, 7) is 9.04. The van der Waals surface area contributed by atoms with Crippen LogP contribution < -0.4 is 10.1 Å². The van der Waals surface area contributed by atoms with Gasteiger partial charge in [0.05, 0.1) is 7.11 Å². The lowest BCUT2D eigenvalue weighted by atomic mass is 10.1. The molecule has 28 heavy (non-hydrogen) atoms. The molecule has 0 bridgehead atoms. The van der Waals surface area contributed by atoms with E-state index in [-0.39, 0.29) is 5.91 Å². The number of amides is 1. The second-order valence-electron chi connectivity index (χ2n) is 6.94. The summed E-state index contributed by atoms with van der Waals surface area (Å²) >= 11 is 0. The summed E-state index contributed by atoms with van der Waals surface area (Å²) in [5, 5.41) is 3.32. The van der Waals surface area contributed by atoms with E-state index in [0.717, 1.165) is 51.4 Å². The zero-order valence-electron chi connectivity index (χ0n) is 16.9. The second kappa shape index (κ2) is 9.50. The minimum Gasteiger partial charge on any atom is -0.497 e. The highest BCUT2D eigenvalue weighted by Gasteiger charge is 2.23. The summed E-state index contributed by atoms with van der Waals surface area (Å²) in [5.41, 5.74) is 1.67. The van der Waals surface area contributed by atoms with Crippen molar-refractivity contribution < 1.29 is 9.53 Å². The minimum absolute atomic E-state index is 0.0144. The molecule has 7 heteroatoms. The molecule has 1 aliphatic rings. The van der Waals surface area contributed by atoms with E-state index in [4.69, 9.17) is 4.74 Å². The van der Waals surface area contributed by atoms with E-state index in [1.165, 1.54) is 5.56 Å². The van der Waals surface area contributed by atoms with Gasteiger partial charge in [0.15, 0.2) is 0 Å². The molecule has 0 spiro atoms. The number of nitrogens with zero attached hydrogens (tertiary/aromatic N) is 4. The fourth-order valence-corrected chi connectivity index (χ4v) is 3.32. The first-order chi connectivity index (χ1) is 13.6. The van der Waals surface area contributed by atoms with E-state index in [2.05, 4.69) is 39.2 Å². The van der Waals surface area contributed by atoms with E-state index in [1.54, 1.807) is 13.2 Å². The van der Waals surface area contributed by atoms with Crippen molar-refractivity contribution in [2.24, 2.45) is 0 Å². The van der Waals surface area contributed by atoms with Crippen molar-refractivity contribution >= 4 is 11.7 Å². The molecule has 0 unspecified atom stereocenters. The number of aryl methyl sites for hydroxylation is 1. The largest absolute Gasteiger partial charge is 0.497 e. The third-order valence-corrected chi connectivity index (χ3v) is 5.04. The summed E-state index contributed by atoms with van der Waals surface area (Å²) < 4.78 is 5.18. The van der Waals surface area contributed by atoms with Gasteiger partial charge < -0.3 is 19.9 Å². The second-order valence-corrected chi connectivity index (χ2v) is 6.94. The minimum atomic E-state index is -0.0144. The zero-order chi connectivity index (χ0) is 19.9. The molecule has 0 saturated carbocycles. The number of carbonyl (C=O) groups is 1. The Morgan fingerprint density at radius 1 is 1.14 bits per heavy atom. The van der Waals surface area contributed by atoms with Gasteiger partial charge in [0.25, 0.3) is 5.91 Å². The number of anilines is 1. The van der Waals surface area contributed by atoms with E-state index in [0.29, 0.717) is 17.3 Å². The number of ether oxygens (including phenoxy) is 1. The van der Waals surface area contributed by atoms with Gasteiger partial charge in [-0.25, -0.2) is 9.97 Å². The lowest BCUT2D eigenvalue weighted by Crippen LogP contribution is -2.48. The molecule has 1 amide bonds. The average molecular weight is 383 g/mol. The third-order valence-electron chi connectivity index (χ3n) is 5.04. The topological polar surface area (TPSA) is 70.6 Å². The Labute approximate surface area is 166 Å². The summed E-state index contributed by atoms with van der Waals surface area (Å²) in [7, 11) is 1.66. The third kappa shape index (κ3) is 5.19. The fourth-order valence-electron chi connectivity index (χ4n) is 3.32. The van der Waals surface area contributed by atoms with Crippen LogP contribution in [0.5, 0.6) is 5.75 Å². The van der Waals surface area contributed by atoms with Crippen LogP contribution >= 0.6 is 0 Å². The maximum atomic E-state index is 12.8. The van der Waals surface area contributed by atoms with E-state index >= 15 is 0 Å². The molecule has 1 aliphatic heterocycles. The standard InChI is InChI=1S/C21H29N5O2/c1-4-25-11-13-26(14-12-25)21(27)19-15-20(24-16(2)23-19)22-10-9-17-5-7-18(28-3)8-6-17/h5-8,15H,4,9-14H2,1-3H3,(H,22,23,24). The van der Waals surface area contributed by atoms with Crippen molar-refractivity contribution in [3.63, 3.8) is 0 Å². The Morgan fingerprint density at radius 2 is 1.86 bits per heavy atom. The molecule has 0 atom stereocenters. The van der Waals surface area contributed by atoms with Gasteiger partial charge in [-0.2, -0.15) is 0 Å². The summed E-state index contributed by atoms with van der Waals surface area (Å²) in [4.78, 5) is 25.9. The number of hydrogen-bond acceptors (Lipinski definition) is 6. The predicted octanol–water partition coefficient (Wildman–Crippen LogP) is 2.23.